The number of rotatable bonds is 7. The van der Waals surface area contributed by atoms with Crippen molar-refractivity contribution < 1.29 is 4.79 Å². The van der Waals surface area contributed by atoms with E-state index in [0.29, 0.717) is 5.69 Å². The molecule has 1 atom stereocenters. The van der Waals surface area contributed by atoms with Crippen molar-refractivity contribution in [2.45, 2.75) is 19.4 Å². The van der Waals surface area contributed by atoms with Gasteiger partial charge in [-0.05, 0) is 48.7 Å². The lowest BCUT2D eigenvalue weighted by Gasteiger charge is -2.14. The van der Waals surface area contributed by atoms with Gasteiger partial charge in [-0.15, -0.1) is 0 Å². The third-order valence-corrected chi connectivity index (χ3v) is 4.55. The zero-order valence-corrected chi connectivity index (χ0v) is 15.9. The Balaban J connectivity index is 1.56. The van der Waals surface area contributed by atoms with Crippen molar-refractivity contribution in [3.8, 4) is 0 Å². The molecule has 1 unspecified atom stereocenters. The monoisotopic (exact) mass is 379 g/mol. The van der Waals surface area contributed by atoms with E-state index in [1.807, 2.05) is 67.6 Å². The van der Waals surface area contributed by atoms with Crippen LogP contribution in [0.3, 0.4) is 0 Å². The minimum atomic E-state index is -0.187. The lowest BCUT2D eigenvalue weighted by atomic mass is 10.1. The van der Waals surface area contributed by atoms with Crippen molar-refractivity contribution in [3.63, 3.8) is 0 Å². The second-order valence-corrected chi connectivity index (χ2v) is 6.78. The molecule has 0 bridgehead atoms. The number of pyridine rings is 1. The molecular formula is C22H22ClN3O. The van der Waals surface area contributed by atoms with Crippen molar-refractivity contribution in [1.29, 1.82) is 0 Å². The summed E-state index contributed by atoms with van der Waals surface area (Å²) in [4.78, 5) is 16.7. The molecule has 0 saturated heterocycles. The lowest BCUT2D eigenvalue weighted by molar-refractivity contribution is 0.0935. The fourth-order valence-electron chi connectivity index (χ4n) is 2.76. The van der Waals surface area contributed by atoms with E-state index in [-0.39, 0.29) is 11.9 Å². The quantitative estimate of drug-likeness (QED) is 0.615. The van der Waals surface area contributed by atoms with Gasteiger partial charge in [0.25, 0.3) is 5.91 Å². The van der Waals surface area contributed by atoms with E-state index in [4.69, 9.17) is 11.6 Å². The summed E-state index contributed by atoms with van der Waals surface area (Å²) >= 11 is 5.90. The number of hydrogen-bond donors (Lipinski definition) is 2. The first-order chi connectivity index (χ1) is 13.1. The van der Waals surface area contributed by atoms with Gasteiger partial charge in [0.05, 0.1) is 6.04 Å². The highest BCUT2D eigenvalue weighted by molar-refractivity contribution is 6.30. The molecule has 0 aliphatic rings. The summed E-state index contributed by atoms with van der Waals surface area (Å²) < 4.78 is 0. The summed E-state index contributed by atoms with van der Waals surface area (Å²) in [6.07, 6.45) is 2.51. The standard InChI is InChI=1S/C22H22ClN3O/c1-16(18-5-3-2-4-6-18)26-22(27)21-15-20(12-14-25-21)24-13-11-17-7-9-19(23)10-8-17/h2-10,12,14-16H,11,13H2,1H3,(H,24,25)(H,26,27). The Morgan fingerprint density at radius 3 is 2.56 bits per heavy atom. The molecule has 0 spiro atoms. The van der Waals surface area contributed by atoms with Crippen LogP contribution in [0.1, 0.15) is 34.6 Å². The predicted octanol–water partition coefficient (Wildman–Crippen LogP) is 4.88. The molecule has 138 valence electrons. The number of anilines is 1. The van der Waals surface area contributed by atoms with Crippen LogP contribution in [0.2, 0.25) is 5.02 Å². The zero-order chi connectivity index (χ0) is 19.1. The van der Waals surface area contributed by atoms with Gasteiger partial charge in [0.1, 0.15) is 5.69 Å². The molecule has 2 aromatic carbocycles. The third-order valence-electron chi connectivity index (χ3n) is 4.30. The largest absolute Gasteiger partial charge is 0.385 e. The molecule has 0 saturated carbocycles. The molecule has 3 aromatic rings. The summed E-state index contributed by atoms with van der Waals surface area (Å²) in [7, 11) is 0. The van der Waals surface area contributed by atoms with Crippen LogP contribution < -0.4 is 10.6 Å². The number of carbonyl (C=O) groups is 1. The molecule has 0 aliphatic heterocycles. The van der Waals surface area contributed by atoms with E-state index in [2.05, 4.69) is 15.6 Å². The summed E-state index contributed by atoms with van der Waals surface area (Å²) in [5, 5.41) is 7.06. The highest BCUT2D eigenvalue weighted by atomic mass is 35.5. The number of nitrogens with one attached hydrogen (secondary N) is 2. The smallest absolute Gasteiger partial charge is 0.270 e. The first kappa shape index (κ1) is 18.9. The fourth-order valence-corrected chi connectivity index (χ4v) is 2.89. The molecular weight excluding hydrogens is 358 g/mol. The first-order valence-electron chi connectivity index (χ1n) is 8.92. The topological polar surface area (TPSA) is 54.0 Å². The molecule has 1 heterocycles. The molecule has 3 rings (SSSR count). The fraction of sp³-hybridized carbons (Fsp3) is 0.182. The minimum Gasteiger partial charge on any atom is -0.385 e. The Kier molecular flexibility index (Phi) is 6.44. The van der Waals surface area contributed by atoms with Gasteiger partial charge in [-0.2, -0.15) is 0 Å². The van der Waals surface area contributed by atoms with E-state index in [0.717, 1.165) is 29.2 Å². The molecule has 0 fully saturated rings. The van der Waals surface area contributed by atoms with Crippen LogP contribution in [0, 0.1) is 0 Å². The predicted molar refractivity (Wildman–Crippen MR) is 110 cm³/mol. The maximum atomic E-state index is 12.5. The lowest BCUT2D eigenvalue weighted by Crippen LogP contribution is -2.27. The van der Waals surface area contributed by atoms with Crippen LogP contribution in [0.5, 0.6) is 0 Å². The normalized spacial score (nSPS) is 11.6. The van der Waals surface area contributed by atoms with E-state index in [9.17, 15) is 4.79 Å². The van der Waals surface area contributed by atoms with E-state index in [1.54, 1.807) is 12.3 Å². The van der Waals surface area contributed by atoms with Crippen molar-refractivity contribution in [2.24, 2.45) is 0 Å². The maximum absolute atomic E-state index is 12.5. The average Bonchev–Trinajstić information content (AvgIpc) is 2.70. The third kappa shape index (κ3) is 5.56. The van der Waals surface area contributed by atoms with Crippen LogP contribution in [-0.2, 0) is 6.42 Å². The van der Waals surface area contributed by atoms with Gasteiger partial charge in [-0.25, -0.2) is 0 Å². The van der Waals surface area contributed by atoms with Crippen molar-refractivity contribution >= 4 is 23.2 Å². The summed E-state index contributed by atoms with van der Waals surface area (Å²) in [5.74, 6) is -0.187. The van der Waals surface area contributed by atoms with Crippen LogP contribution in [-0.4, -0.2) is 17.4 Å². The van der Waals surface area contributed by atoms with Crippen molar-refractivity contribution in [1.82, 2.24) is 10.3 Å². The molecule has 5 heteroatoms. The number of carbonyl (C=O) groups excluding carboxylic acids is 1. The minimum absolute atomic E-state index is 0.0815. The number of nitrogens with zero attached hydrogens (tertiary/aromatic N) is 1. The van der Waals surface area contributed by atoms with Crippen molar-refractivity contribution in [3.05, 3.63) is 94.8 Å². The van der Waals surface area contributed by atoms with Crippen LogP contribution in [0.4, 0.5) is 5.69 Å². The van der Waals surface area contributed by atoms with Gasteiger partial charge in [-0.3, -0.25) is 9.78 Å². The first-order valence-corrected chi connectivity index (χ1v) is 9.30. The Labute approximate surface area is 164 Å². The van der Waals surface area contributed by atoms with E-state index in [1.165, 1.54) is 5.56 Å². The average molecular weight is 380 g/mol. The second kappa shape index (κ2) is 9.19. The Morgan fingerprint density at radius 2 is 1.81 bits per heavy atom. The molecule has 1 aromatic heterocycles. The Bertz CT molecular complexity index is 882. The van der Waals surface area contributed by atoms with Crippen LogP contribution in [0.25, 0.3) is 0 Å². The molecule has 2 N–H and O–H groups in total. The SMILES string of the molecule is CC(NC(=O)c1cc(NCCc2ccc(Cl)cc2)ccn1)c1ccccc1. The van der Waals surface area contributed by atoms with Gasteiger partial charge >= 0.3 is 0 Å². The van der Waals surface area contributed by atoms with Gasteiger partial charge < -0.3 is 10.6 Å². The maximum Gasteiger partial charge on any atom is 0.270 e. The molecule has 4 nitrogen and oxygen atoms in total. The van der Waals surface area contributed by atoms with Gasteiger partial charge in [0.2, 0.25) is 0 Å². The molecule has 0 aliphatic carbocycles. The van der Waals surface area contributed by atoms with Gasteiger partial charge in [0, 0.05) is 23.5 Å². The highest BCUT2D eigenvalue weighted by Gasteiger charge is 2.12. The molecule has 1 amide bonds. The zero-order valence-electron chi connectivity index (χ0n) is 15.2. The number of aromatic nitrogens is 1. The van der Waals surface area contributed by atoms with Crippen LogP contribution >= 0.6 is 11.6 Å². The van der Waals surface area contributed by atoms with Crippen molar-refractivity contribution in [2.75, 3.05) is 11.9 Å². The highest BCUT2D eigenvalue weighted by Crippen LogP contribution is 2.14. The Hall–Kier alpha value is -2.85. The van der Waals surface area contributed by atoms with E-state index >= 15 is 0 Å². The molecule has 0 radical (unpaired) electrons. The van der Waals surface area contributed by atoms with Gasteiger partial charge in [0.15, 0.2) is 0 Å². The summed E-state index contributed by atoms with van der Waals surface area (Å²) in [6, 6.07) is 21.2. The number of amides is 1. The molecule has 27 heavy (non-hydrogen) atoms. The van der Waals surface area contributed by atoms with Gasteiger partial charge in [-0.1, -0.05) is 54.1 Å². The Morgan fingerprint density at radius 1 is 1.07 bits per heavy atom. The second-order valence-electron chi connectivity index (χ2n) is 6.34. The summed E-state index contributed by atoms with van der Waals surface area (Å²) in [6.45, 7) is 2.72. The number of halogens is 1. The van der Waals surface area contributed by atoms with E-state index < -0.39 is 0 Å². The van der Waals surface area contributed by atoms with Crippen LogP contribution in [0.15, 0.2) is 72.9 Å². The number of benzene rings is 2. The summed E-state index contributed by atoms with van der Waals surface area (Å²) in [5.41, 5.74) is 3.53. The number of hydrogen-bond acceptors (Lipinski definition) is 3.